The number of nitrogens with zero attached hydrogens (tertiary/aromatic N) is 1. The van der Waals surface area contributed by atoms with Crippen LogP contribution < -0.4 is 5.32 Å². The summed E-state index contributed by atoms with van der Waals surface area (Å²) in [6, 6.07) is 16.1. The SMILES string of the molecule is CC(CCCC(=O)N1CCSCC1CC(=O)O)NC(=O)OCC1c2ccccc2-c2ccccc21. The van der Waals surface area contributed by atoms with Crippen molar-refractivity contribution in [2.24, 2.45) is 0 Å². The molecule has 1 heterocycles. The number of fused-ring (bicyclic) bond motifs is 3. The molecule has 1 aliphatic carbocycles. The number of carbonyl (C=O) groups excluding carboxylic acids is 2. The molecular formula is C27H32N2O5S. The number of alkyl carbamates (subject to hydrolysis) is 1. The van der Waals surface area contributed by atoms with Gasteiger partial charge in [0.05, 0.1) is 12.5 Å². The summed E-state index contributed by atoms with van der Waals surface area (Å²) in [6.07, 6.45) is 1.13. The van der Waals surface area contributed by atoms with Crippen molar-refractivity contribution in [3.8, 4) is 11.1 Å². The average Bonchev–Trinajstić information content (AvgIpc) is 3.16. The van der Waals surface area contributed by atoms with Crippen molar-refractivity contribution in [3.63, 3.8) is 0 Å². The van der Waals surface area contributed by atoms with Crippen LogP contribution in [0, 0.1) is 0 Å². The van der Waals surface area contributed by atoms with Gasteiger partial charge in [0.1, 0.15) is 6.61 Å². The predicted octanol–water partition coefficient (Wildman–Crippen LogP) is 4.50. The molecule has 35 heavy (non-hydrogen) atoms. The van der Waals surface area contributed by atoms with Crippen molar-refractivity contribution in [1.82, 2.24) is 10.2 Å². The number of aliphatic carboxylic acids is 1. The molecule has 0 bridgehead atoms. The van der Waals surface area contributed by atoms with Crippen LogP contribution in [0.2, 0.25) is 0 Å². The number of hydrogen-bond acceptors (Lipinski definition) is 5. The van der Waals surface area contributed by atoms with Gasteiger partial charge in [-0.3, -0.25) is 9.59 Å². The normalized spacial score (nSPS) is 17.9. The summed E-state index contributed by atoms with van der Waals surface area (Å²) in [5.74, 6) is 0.628. The maximum atomic E-state index is 12.7. The Labute approximate surface area is 210 Å². The second kappa shape index (κ2) is 11.6. The van der Waals surface area contributed by atoms with Crippen LogP contribution in [-0.4, -0.2) is 64.7 Å². The highest BCUT2D eigenvalue weighted by atomic mass is 32.2. The average molecular weight is 497 g/mol. The topological polar surface area (TPSA) is 95.9 Å². The molecule has 186 valence electrons. The highest BCUT2D eigenvalue weighted by Crippen LogP contribution is 2.44. The summed E-state index contributed by atoms with van der Waals surface area (Å²) in [6.45, 7) is 2.76. The van der Waals surface area contributed by atoms with Gasteiger partial charge in [0.25, 0.3) is 0 Å². The van der Waals surface area contributed by atoms with Crippen LogP contribution >= 0.6 is 11.8 Å². The number of rotatable bonds is 9. The van der Waals surface area contributed by atoms with E-state index in [0.717, 1.165) is 5.75 Å². The lowest BCUT2D eigenvalue weighted by Crippen LogP contribution is -2.47. The summed E-state index contributed by atoms with van der Waals surface area (Å²) < 4.78 is 5.60. The molecule has 2 aliphatic rings. The number of carbonyl (C=O) groups is 3. The van der Waals surface area contributed by atoms with Crippen LogP contribution in [0.3, 0.4) is 0 Å². The van der Waals surface area contributed by atoms with Crippen molar-refractivity contribution in [3.05, 3.63) is 59.7 Å². The Balaban J connectivity index is 1.22. The Bertz CT molecular complexity index is 1030. The highest BCUT2D eigenvalue weighted by Gasteiger charge is 2.30. The quantitative estimate of drug-likeness (QED) is 0.531. The molecule has 1 fully saturated rings. The van der Waals surface area contributed by atoms with Gasteiger partial charge in [0.2, 0.25) is 5.91 Å². The van der Waals surface area contributed by atoms with Crippen LogP contribution in [0.25, 0.3) is 11.1 Å². The number of carboxylic acids is 1. The maximum absolute atomic E-state index is 12.7. The smallest absolute Gasteiger partial charge is 0.407 e. The molecule has 0 radical (unpaired) electrons. The maximum Gasteiger partial charge on any atom is 0.407 e. The van der Waals surface area contributed by atoms with E-state index in [1.807, 2.05) is 31.2 Å². The zero-order valence-corrected chi connectivity index (χ0v) is 20.8. The molecule has 0 aromatic heterocycles. The summed E-state index contributed by atoms with van der Waals surface area (Å²) >= 11 is 1.69. The highest BCUT2D eigenvalue weighted by molar-refractivity contribution is 7.99. The van der Waals surface area contributed by atoms with Gasteiger partial charge < -0.3 is 20.1 Å². The molecule has 7 nitrogen and oxygen atoms in total. The Morgan fingerprint density at radius 2 is 1.77 bits per heavy atom. The lowest BCUT2D eigenvalue weighted by atomic mass is 9.98. The first-order valence-corrected chi connectivity index (χ1v) is 13.3. The van der Waals surface area contributed by atoms with Gasteiger partial charge in [-0.15, -0.1) is 0 Å². The zero-order valence-electron chi connectivity index (χ0n) is 19.9. The summed E-state index contributed by atoms with van der Waals surface area (Å²) in [5, 5.41) is 12.0. The Hall–Kier alpha value is -3.00. The largest absolute Gasteiger partial charge is 0.481 e. The number of amides is 2. The molecule has 8 heteroatoms. The molecule has 0 saturated carbocycles. The van der Waals surface area contributed by atoms with E-state index in [1.165, 1.54) is 22.3 Å². The lowest BCUT2D eigenvalue weighted by Gasteiger charge is -2.34. The van der Waals surface area contributed by atoms with Gasteiger partial charge in [-0.25, -0.2) is 4.79 Å². The standard InChI is InChI=1S/C27H32N2O5S/c1-18(7-6-12-25(30)29-13-14-35-17-19(29)15-26(31)32)28-27(33)34-16-24-22-10-4-2-8-20(22)21-9-3-5-11-23(21)24/h2-5,8-11,18-19,24H,6-7,12-17H2,1H3,(H,28,33)(H,31,32). The third-order valence-electron chi connectivity index (χ3n) is 6.69. The number of hydrogen-bond donors (Lipinski definition) is 2. The van der Waals surface area contributed by atoms with Gasteiger partial charge in [0, 0.05) is 36.4 Å². The van der Waals surface area contributed by atoms with Crippen molar-refractivity contribution < 1.29 is 24.2 Å². The predicted molar refractivity (Wildman–Crippen MR) is 137 cm³/mol. The van der Waals surface area contributed by atoms with E-state index < -0.39 is 12.1 Å². The van der Waals surface area contributed by atoms with Crippen LogP contribution in [0.1, 0.15) is 49.7 Å². The Morgan fingerprint density at radius 1 is 1.11 bits per heavy atom. The van der Waals surface area contributed by atoms with Gasteiger partial charge in [-0.2, -0.15) is 11.8 Å². The van der Waals surface area contributed by atoms with Crippen molar-refractivity contribution in [2.75, 3.05) is 24.7 Å². The minimum Gasteiger partial charge on any atom is -0.481 e. The van der Waals surface area contributed by atoms with Crippen LogP contribution in [0.5, 0.6) is 0 Å². The molecular weight excluding hydrogens is 464 g/mol. The fourth-order valence-corrected chi connectivity index (χ4v) is 6.03. The van der Waals surface area contributed by atoms with Crippen LogP contribution in [0.15, 0.2) is 48.5 Å². The monoisotopic (exact) mass is 496 g/mol. The minimum atomic E-state index is -0.879. The molecule has 2 aromatic rings. The molecule has 2 unspecified atom stereocenters. The third kappa shape index (κ3) is 6.17. The second-order valence-corrected chi connectivity index (χ2v) is 10.3. The zero-order chi connectivity index (χ0) is 24.8. The van der Waals surface area contributed by atoms with Crippen molar-refractivity contribution in [2.45, 2.75) is 50.6 Å². The van der Waals surface area contributed by atoms with E-state index in [9.17, 15) is 14.4 Å². The Morgan fingerprint density at radius 3 is 2.43 bits per heavy atom. The molecule has 2 aromatic carbocycles. The van der Waals surface area contributed by atoms with Gasteiger partial charge in [-0.05, 0) is 42.0 Å². The number of ether oxygens (including phenoxy) is 1. The summed E-state index contributed by atoms with van der Waals surface area (Å²) in [4.78, 5) is 37.9. The van der Waals surface area contributed by atoms with Crippen molar-refractivity contribution >= 4 is 29.7 Å². The van der Waals surface area contributed by atoms with E-state index in [4.69, 9.17) is 9.84 Å². The van der Waals surface area contributed by atoms with E-state index in [0.29, 0.717) is 31.6 Å². The lowest BCUT2D eigenvalue weighted by molar-refractivity contribution is -0.140. The first kappa shape index (κ1) is 25.1. The van der Waals surface area contributed by atoms with Crippen molar-refractivity contribution in [1.29, 1.82) is 0 Å². The van der Waals surface area contributed by atoms with E-state index >= 15 is 0 Å². The Kier molecular flexibility index (Phi) is 8.33. The number of nitrogens with one attached hydrogen (secondary N) is 1. The fraction of sp³-hybridized carbons (Fsp3) is 0.444. The molecule has 4 rings (SSSR count). The molecule has 2 amide bonds. The molecule has 0 spiro atoms. The second-order valence-electron chi connectivity index (χ2n) is 9.18. The summed E-state index contributed by atoms with van der Waals surface area (Å²) in [7, 11) is 0. The van der Waals surface area contributed by atoms with E-state index in [2.05, 4.69) is 29.6 Å². The molecule has 2 atom stereocenters. The molecule has 1 saturated heterocycles. The first-order valence-electron chi connectivity index (χ1n) is 12.1. The van der Waals surface area contributed by atoms with Gasteiger partial charge in [0.15, 0.2) is 0 Å². The van der Waals surface area contributed by atoms with E-state index in [1.54, 1.807) is 16.7 Å². The minimum absolute atomic E-state index is 0.00936. The van der Waals surface area contributed by atoms with Gasteiger partial charge in [-0.1, -0.05) is 48.5 Å². The molecule has 1 aliphatic heterocycles. The number of thioether (sulfide) groups is 1. The van der Waals surface area contributed by atoms with Crippen LogP contribution in [0.4, 0.5) is 4.79 Å². The number of benzene rings is 2. The van der Waals surface area contributed by atoms with Gasteiger partial charge >= 0.3 is 12.1 Å². The summed E-state index contributed by atoms with van der Waals surface area (Å²) in [5.41, 5.74) is 4.72. The van der Waals surface area contributed by atoms with E-state index in [-0.39, 0.29) is 36.9 Å². The third-order valence-corrected chi connectivity index (χ3v) is 7.79. The number of carboxylic acid groups (broad SMARTS) is 1. The molecule has 2 N–H and O–H groups in total. The first-order chi connectivity index (χ1) is 16.9. The fourth-order valence-electron chi connectivity index (χ4n) is 4.97. The van der Waals surface area contributed by atoms with Crippen LogP contribution in [-0.2, 0) is 14.3 Å².